The molecule has 0 aliphatic carbocycles. The average molecular weight is 478 g/mol. The van der Waals surface area contributed by atoms with Crippen LogP contribution >= 0.6 is 0 Å². The van der Waals surface area contributed by atoms with Crippen molar-refractivity contribution in [2.45, 2.75) is 30.0 Å². The Labute approximate surface area is 188 Å². The van der Waals surface area contributed by atoms with E-state index in [1.54, 1.807) is 29.6 Å². The Morgan fingerprint density at radius 1 is 1.06 bits per heavy atom. The van der Waals surface area contributed by atoms with Crippen molar-refractivity contribution < 1.29 is 26.4 Å². The number of hydrogen-bond donors (Lipinski definition) is 1. The highest BCUT2D eigenvalue weighted by molar-refractivity contribution is 7.92. The highest BCUT2D eigenvalue weighted by Crippen LogP contribution is 2.31. The van der Waals surface area contributed by atoms with Crippen molar-refractivity contribution in [1.82, 2.24) is 14.5 Å². The van der Waals surface area contributed by atoms with Gasteiger partial charge in [-0.25, -0.2) is 13.4 Å². The number of hydrogen-bond acceptors (Lipinski definition) is 4. The molecule has 2 heterocycles. The molecule has 11 heteroatoms. The van der Waals surface area contributed by atoms with Gasteiger partial charge >= 0.3 is 6.18 Å². The number of halogens is 3. The van der Waals surface area contributed by atoms with Crippen LogP contribution in [-0.2, 0) is 16.2 Å². The fourth-order valence-corrected chi connectivity index (χ4v) is 4.95. The number of anilines is 1. The second-order valence-electron chi connectivity index (χ2n) is 7.71. The van der Waals surface area contributed by atoms with Crippen molar-refractivity contribution in [3.05, 3.63) is 78.4 Å². The number of piperidine rings is 1. The largest absolute Gasteiger partial charge is 0.416 e. The van der Waals surface area contributed by atoms with Gasteiger partial charge in [0, 0.05) is 31.5 Å². The molecule has 3 aromatic rings. The van der Waals surface area contributed by atoms with Crippen molar-refractivity contribution in [2.24, 2.45) is 0 Å². The first kappa shape index (κ1) is 22.8. The van der Waals surface area contributed by atoms with Crippen molar-refractivity contribution in [1.29, 1.82) is 0 Å². The molecule has 0 atom stereocenters. The van der Waals surface area contributed by atoms with Crippen LogP contribution in [0.15, 0.2) is 72.1 Å². The zero-order valence-corrected chi connectivity index (χ0v) is 18.2. The quantitative estimate of drug-likeness (QED) is 0.596. The first-order valence-electron chi connectivity index (χ1n) is 10.2. The normalized spacial score (nSPS) is 15.4. The number of nitrogens with one attached hydrogen (secondary N) is 1. The fraction of sp³-hybridized carbons (Fsp3) is 0.273. The predicted molar refractivity (Wildman–Crippen MR) is 115 cm³/mol. The Morgan fingerprint density at radius 3 is 2.45 bits per heavy atom. The summed E-state index contributed by atoms with van der Waals surface area (Å²) in [6.07, 6.45) is 2.08. The van der Waals surface area contributed by atoms with E-state index in [0.29, 0.717) is 19.2 Å². The van der Waals surface area contributed by atoms with Crippen LogP contribution in [0.2, 0.25) is 0 Å². The van der Waals surface area contributed by atoms with Crippen LogP contribution in [0.4, 0.5) is 18.9 Å². The number of carbonyl (C=O) groups is 1. The summed E-state index contributed by atoms with van der Waals surface area (Å²) in [6.45, 7) is 0.965. The topological polar surface area (TPSA) is 84.3 Å². The minimum absolute atomic E-state index is 0.0108. The average Bonchev–Trinajstić information content (AvgIpc) is 3.33. The highest BCUT2D eigenvalue weighted by Gasteiger charge is 2.32. The maximum atomic E-state index is 13.1. The van der Waals surface area contributed by atoms with Gasteiger partial charge in [-0.05, 0) is 43.2 Å². The van der Waals surface area contributed by atoms with Gasteiger partial charge in [0.25, 0.3) is 15.9 Å². The number of para-hydroxylation sites is 1. The molecule has 1 fully saturated rings. The van der Waals surface area contributed by atoms with Gasteiger partial charge in [0.1, 0.15) is 0 Å². The third-order valence-corrected chi connectivity index (χ3v) is 6.93. The lowest BCUT2D eigenvalue weighted by molar-refractivity contribution is -0.137. The van der Waals surface area contributed by atoms with Crippen LogP contribution < -0.4 is 4.72 Å². The summed E-state index contributed by atoms with van der Waals surface area (Å²) in [6, 6.07) is 9.75. The van der Waals surface area contributed by atoms with E-state index in [1.165, 1.54) is 12.1 Å². The maximum Gasteiger partial charge on any atom is 0.416 e. The SMILES string of the molecule is O=C(c1ccccc1NS(=O)(=O)c1cccc(C(F)(F)F)c1)N1CCC(n2ccnc2)CC1. The predicted octanol–water partition coefficient (Wildman–Crippen LogP) is 4.18. The van der Waals surface area contributed by atoms with Crippen LogP contribution in [0.1, 0.15) is 34.8 Å². The van der Waals surface area contributed by atoms with E-state index in [2.05, 4.69) is 9.71 Å². The summed E-state index contributed by atoms with van der Waals surface area (Å²) in [5, 5.41) is 0. The number of imidazole rings is 1. The molecule has 0 unspecified atom stereocenters. The summed E-state index contributed by atoms with van der Waals surface area (Å²) in [5.74, 6) is -0.346. The van der Waals surface area contributed by atoms with Crippen LogP contribution in [-0.4, -0.2) is 41.9 Å². The third kappa shape index (κ3) is 5.03. The van der Waals surface area contributed by atoms with Crippen molar-refractivity contribution in [3.8, 4) is 0 Å². The van der Waals surface area contributed by atoms with Gasteiger partial charge < -0.3 is 9.47 Å². The molecular weight excluding hydrogens is 457 g/mol. The fourth-order valence-electron chi connectivity index (χ4n) is 3.82. The lowest BCUT2D eigenvalue weighted by Gasteiger charge is -2.33. The van der Waals surface area contributed by atoms with Crippen LogP contribution in [0.3, 0.4) is 0 Å². The van der Waals surface area contributed by atoms with E-state index >= 15 is 0 Å². The third-order valence-electron chi connectivity index (χ3n) is 5.57. The van der Waals surface area contributed by atoms with Gasteiger partial charge in [-0.1, -0.05) is 18.2 Å². The summed E-state index contributed by atoms with van der Waals surface area (Å²) < 4.78 is 68.9. The lowest BCUT2D eigenvalue weighted by atomic mass is 10.0. The van der Waals surface area contributed by atoms with Crippen molar-refractivity contribution in [3.63, 3.8) is 0 Å². The highest BCUT2D eigenvalue weighted by atomic mass is 32.2. The van der Waals surface area contributed by atoms with Gasteiger partial charge in [-0.15, -0.1) is 0 Å². The molecule has 1 saturated heterocycles. The molecule has 174 valence electrons. The Morgan fingerprint density at radius 2 is 1.79 bits per heavy atom. The number of amides is 1. The smallest absolute Gasteiger partial charge is 0.338 e. The summed E-state index contributed by atoms with van der Waals surface area (Å²) >= 11 is 0. The minimum atomic E-state index is -4.68. The van der Waals surface area contributed by atoms with Gasteiger partial charge in [0.2, 0.25) is 0 Å². The van der Waals surface area contributed by atoms with Gasteiger partial charge in [0.15, 0.2) is 0 Å². The first-order chi connectivity index (χ1) is 15.6. The Hall–Kier alpha value is -3.34. The number of sulfonamides is 1. The number of aromatic nitrogens is 2. The number of carbonyl (C=O) groups excluding carboxylic acids is 1. The number of likely N-dealkylation sites (tertiary alicyclic amines) is 1. The molecule has 0 spiro atoms. The van der Waals surface area contributed by atoms with E-state index in [9.17, 15) is 26.4 Å². The Balaban J connectivity index is 1.53. The molecule has 0 bridgehead atoms. The standard InChI is InChI=1S/C22H21F3N4O3S/c23-22(24,25)16-4-3-5-18(14-16)33(31,32)27-20-7-2-1-6-19(20)21(30)28-11-8-17(9-12-28)29-13-10-26-15-29/h1-7,10,13-15,17,27H,8-9,11-12H2. The maximum absolute atomic E-state index is 13.1. The van der Waals surface area contributed by atoms with E-state index < -0.39 is 26.7 Å². The molecule has 1 N–H and O–H groups in total. The van der Waals surface area contributed by atoms with Gasteiger partial charge in [-0.2, -0.15) is 13.2 Å². The number of benzene rings is 2. The second kappa shape index (κ2) is 8.89. The number of alkyl halides is 3. The molecule has 1 aliphatic rings. The number of nitrogens with zero attached hydrogens (tertiary/aromatic N) is 3. The van der Waals surface area contributed by atoms with Gasteiger partial charge in [-0.3, -0.25) is 9.52 Å². The van der Waals surface area contributed by atoms with E-state index in [0.717, 1.165) is 31.0 Å². The first-order valence-corrected chi connectivity index (χ1v) is 11.7. The van der Waals surface area contributed by atoms with Crippen LogP contribution in [0.5, 0.6) is 0 Å². The molecule has 0 radical (unpaired) electrons. The Bertz CT molecular complexity index is 1240. The summed E-state index contributed by atoms with van der Waals surface area (Å²) in [7, 11) is -4.35. The zero-order chi connectivity index (χ0) is 23.6. The minimum Gasteiger partial charge on any atom is -0.338 e. The summed E-state index contributed by atoms with van der Waals surface area (Å²) in [5.41, 5.74) is -0.929. The zero-order valence-electron chi connectivity index (χ0n) is 17.4. The lowest BCUT2D eigenvalue weighted by Crippen LogP contribution is -2.39. The molecular formula is C22H21F3N4O3S. The molecule has 1 amide bonds. The molecule has 33 heavy (non-hydrogen) atoms. The van der Waals surface area contributed by atoms with E-state index in [4.69, 9.17) is 0 Å². The molecule has 4 rings (SSSR count). The molecule has 1 aliphatic heterocycles. The van der Waals surface area contributed by atoms with Gasteiger partial charge in [0.05, 0.1) is 28.0 Å². The second-order valence-corrected chi connectivity index (χ2v) is 9.39. The number of rotatable bonds is 5. The van der Waals surface area contributed by atoms with Crippen molar-refractivity contribution >= 4 is 21.6 Å². The molecule has 1 aromatic heterocycles. The monoisotopic (exact) mass is 478 g/mol. The van der Waals surface area contributed by atoms with E-state index in [1.807, 2.05) is 10.8 Å². The van der Waals surface area contributed by atoms with Crippen molar-refractivity contribution in [2.75, 3.05) is 17.8 Å². The molecule has 2 aromatic carbocycles. The Kier molecular flexibility index (Phi) is 6.15. The van der Waals surface area contributed by atoms with Crippen LogP contribution in [0.25, 0.3) is 0 Å². The summed E-state index contributed by atoms with van der Waals surface area (Å²) in [4.78, 5) is 18.3. The molecule has 0 saturated carbocycles. The van der Waals surface area contributed by atoms with E-state index in [-0.39, 0.29) is 23.2 Å². The molecule has 7 nitrogen and oxygen atoms in total. The van der Waals surface area contributed by atoms with Crippen LogP contribution in [0, 0.1) is 0 Å².